The first-order chi connectivity index (χ1) is 7.34. The molecule has 1 fully saturated rings. The zero-order chi connectivity index (χ0) is 10.3. The molecule has 3 heteroatoms. The van der Waals surface area contributed by atoms with Crippen molar-refractivity contribution < 1.29 is 9.40 Å². The van der Waals surface area contributed by atoms with E-state index in [-0.39, 0.29) is 0 Å². The molecule has 0 N–H and O–H groups in total. The molecule has 3 rings (SSSR count). The molecule has 1 aromatic rings. The molecule has 1 aromatic heterocycles. The van der Waals surface area contributed by atoms with Gasteiger partial charge in [-0.1, -0.05) is 5.16 Å². The van der Waals surface area contributed by atoms with Gasteiger partial charge in [0.1, 0.15) is 13.2 Å². The highest BCUT2D eigenvalue weighted by Gasteiger charge is 2.39. The molecule has 2 atom stereocenters. The maximum absolute atomic E-state index is 5.46. The van der Waals surface area contributed by atoms with Crippen LogP contribution in [0.1, 0.15) is 24.8 Å². The number of aromatic nitrogens is 1. The fourth-order valence-electron chi connectivity index (χ4n) is 2.56. The summed E-state index contributed by atoms with van der Waals surface area (Å²) < 4.78 is 2.06. The second kappa shape index (κ2) is 3.33. The molecule has 0 bridgehead atoms. The molecule has 0 radical (unpaired) electrons. The van der Waals surface area contributed by atoms with Crippen molar-refractivity contribution in [3.63, 3.8) is 0 Å². The van der Waals surface area contributed by atoms with Crippen LogP contribution in [0.25, 0.3) is 0 Å². The summed E-state index contributed by atoms with van der Waals surface area (Å²) in [6.45, 7) is 0. The first-order valence-corrected chi connectivity index (χ1v) is 5.54. The lowest BCUT2D eigenvalue weighted by Gasteiger charge is -2.07. The highest BCUT2D eigenvalue weighted by atomic mass is 16.6. The molecular formula is C12H15N2O+. The van der Waals surface area contributed by atoms with Crippen LogP contribution in [0.2, 0.25) is 0 Å². The number of hydrogen-bond acceptors (Lipinski definition) is 2. The van der Waals surface area contributed by atoms with Crippen LogP contribution in [0, 0.1) is 5.92 Å². The molecule has 2 unspecified atom stereocenters. The van der Waals surface area contributed by atoms with Crippen LogP contribution in [-0.2, 0) is 11.9 Å². The number of rotatable bonds is 1. The van der Waals surface area contributed by atoms with Gasteiger partial charge >= 0.3 is 0 Å². The summed E-state index contributed by atoms with van der Waals surface area (Å²) in [6, 6.07) is 4.17. The Bertz CT molecular complexity index is 414. The smallest absolute Gasteiger partial charge is 0.177 e. The molecule has 0 aromatic carbocycles. The van der Waals surface area contributed by atoms with Crippen LogP contribution in [-0.4, -0.2) is 11.8 Å². The summed E-state index contributed by atoms with van der Waals surface area (Å²) in [5.41, 5.74) is 2.35. The van der Waals surface area contributed by atoms with Crippen LogP contribution in [0.5, 0.6) is 0 Å². The van der Waals surface area contributed by atoms with E-state index in [2.05, 4.69) is 28.1 Å². The van der Waals surface area contributed by atoms with E-state index >= 15 is 0 Å². The van der Waals surface area contributed by atoms with Gasteiger partial charge in [0.25, 0.3) is 0 Å². The summed E-state index contributed by atoms with van der Waals surface area (Å²) in [4.78, 5) is 5.46. The Morgan fingerprint density at radius 1 is 1.47 bits per heavy atom. The third-order valence-electron chi connectivity index (χ3n) is 3.33. The monoisotopic (exact) mass is 203 g/mol. The van der Waals surface area contributed by atoms with Crippen molar-refractivity contribution in [3.05, 3.63) is 30.1 Å². The topological polar surface area (TPSA) is 25.5 Å². The Kier molecular flexibility index (Phi) is 1.97. The molecule has 1 aliphatic carbocycles. The van der Waals surface area contributed by atoms with Crippen molar-refractivity contribution in [3.8, 4) is 0 Å². The van der Waals surface area contributed by atoms with E-state index in [1.165, 1.54) is 18.4 Å². The van der Waals surface area contributed by atoms with E-state index in [1.807, 2.05) is 13.2 Å². The van der Waals surface area contributed by atoms with Gasteiger partial charge in [-0.25, -0.2) is 4.57 Å². The Morgan fingerprint density at radius 3 is 3.27 bits per heavy atom. The lowest BCUT2D eigenvalue weighted by Crippen LogP contribution is -2.29. The molecular weight excluding hydrogens is 188 g/mol. The summed E-state index contributed by atoms with van der Waals surface area (Å²) in [5.74, 6) is 0.535. The predicted octanol–water partition coefficient (Wildman–Crippen LogP) is 1.41. The predicted molar refractivity (Wildman–Crippen MR) is 56.4 cm³/mol. The lowest BCUT2D eigenvalue weighted by atomic mass is 9.95. The van der Waals surface area contributed by atoms with Crippen LogP contribution in [0.15, 0.2) is 29.7 Å². The van der Waals surface area contributed by atoms with E-state index in [0.717, 1.165) is 12.1 Å². The van der Waals surface area contributed by atoms with Crippen molar-refractivity contribution in [2.24, 2.45) is 18.1 Å². The second-order valence-electron chi connectivity index (χ2n) is 4.42. The first kappa shape index (κ1) is 8.89. The van der Waals surface area contributed by atoms with Crippen molar-refractivity contribution in [1.29, 1.82) is 0 Å². The van der Waals surface area contributed by atoms with Crippen LogP contribution in [0.3, 0.4) is 0 Å². The third kappa shape index (κ3) is 1.42. The first-order valence-electron chi connectivity index (χ1n) is 5.54. The van der Waals surface area contributed by atoms with Gasteiger partial charge in [-0.15, -0.1) is 0 Å². The van der Waals surface area contributed by atoms with Crippen molar-refractivity contribution in [2.45, 2.75) is 25.4 Å². The average molecular weight is 203 g/mol. The molecule has 1 saturated carbocycles. The minimum Gasteiger partial charge on any atom is -0.392 e. The zero-order valence-corrected chi connectivity index (χ0v) is 8.89. The molecule has 3 nitrogen and oxygen atoms in total. The fourth-order valence-corrected chi connectivity index (χ4v) is 2.56. The van der Waals surface area contributed by atoms with Gasteiger partial charge in [0.2, 0.25) is 0 Å². The molecule has 15 heavy (non-hydrogen) atoms. The van der Waals surface area contributed by atoms with Gasteiger partial charge in [-0.3, -0.25) is 0 Å². The standard InChI is InChI=1S/C12H15N2O/c1-14-7-3-4-9(8-14)12-10-5-2-6-11(10)15-13-12/h3-4,7-8,10-11H,2,5-6H2,1H3/q+1. The third-order valence-corrected chi connectivity index (χ3v) is 3.33. The molecule has 0 spiro atoms. The SMILES string of the molecule is C[n+]1cccc(C2=NOC3CCCC23)c1. The van der Waals surface area contributed by atoms with Gasteiger partial charge in [0, 0.05) is 12.0 Å². The number of fused-ring (bicyclic) bond motifs is 1. The van der Waals surface area contributed by atoms with Gasteiger partial charge in [0.05, 0.1) is 11.3 Å². The molecule has 78 valence electrons. The quantitative estimate of drug-likeness (QED) is 0.634. The van der Waals surface area contributed by atoms with Crippen LogP contribution >= 0.6 is 0 Å². The Balaban J connectivity index is 1.94. The van der Waals surface area contributed by atoms with Crippen molar-refractivity contribution >= 4 is 5.71 Å². The average Bonchev–Trinajstić information content (AvgIpc) is 2.77. The number of aryl methyl sites for hydroxylation is 1. The van der Waals surface area contributed by atoms with Crippen molar-refractivity contribution in [1.82, 2.24) is 0 Å². The van der Waals surface area contributed by atoms with E-state index in [4.69, 9.17) is 4.84 Å². The number of oxime groups is 1. The zero-order valence-electron chi connectivity index (χ0n) is 8.89. The van der Waals surface area contributed by atoms with Gasteiger partial charge in [-0.2, -0.15) is 0 Å². The van der Waals surface area contributed by atoms with E-state index in [1.54, 1.807) is 0 Å². The van der Waals surface area contributed by atoms with Crippen molar-refractivity contribution in [2.75, 3.05) is 0 Å². The highest BCUT2D eigenvalue weighted by Crippen LogP contribution is 2.35. The van der Waals surface area contributed by atoms with E-state index in [0.29, 0.717) is 12.0 Å². The molecule has 0 saturated heterocycles. The van der Waals surface area contributed by atoms with Gasteiger partial charge in [0.15, 0.2) is 12.4 Å². The molecule has 2 heterocycles. The summed E-state index contributed by atoms with van der Waals surface area (Å²) >= 11 is 0. The molecule has 2 aliphatic rings. The normalized spacial score (nSPS) is 28.5. The molecule has 1 aliphatic heterocycles. The Hall–Kier alpha value is -1.38. The Labute approximate surface area is 89.4 Å². The van der Waals surface area contributed by atoms with E-state index in [9.17, 15) is 0 Å². The largest absolute Gasteiger partial charge is 0.392 e. The minimum absolute atomic E-state index is 0.352. The highest BCUT2D eigenvalue weighted by molar-refractivity contribution is 6.02. The molecule has 0 amide bonds. The lowest BCUT2D eigenvalue weighted by molar-refractivity contribution is -0.671. The summed E-state index contributed by atoms with van der Waals surface area (Å²) in [6.07, 6.45) is 8.16. The van der Waals surface area contributed by atoms with Crippen LogP contribution < -0.4 is 4.57 Å². The second-order valence-corrected chi connectivity index (χ2v) is 4.42. The summed E-state index contributed by atoms with van der Waals surface area (Å²) in [5, 5.41) is 4.23. The fraction of sp³-hybridized carbons (Fsp3) is 0.500. The number of pyridine rings is 1. The van der Waals surface area contributed by atoms with Gasteiger partial charge in [-0.05, 0) is 25.3 Å². The minimum atomic E-state index is 0.352. The van der Waals surface area contributed by atoms with Gasteiger partial charge < -0.3 is 4.84 Å². The maximum atomic E-state index is 5.46. The number of hydrogen-bond donors (Lipinski definition) is 0. The summed E-state index contributed by atoms with van der Waals surface area (Å²) in [7, 11) is 2.03. The number of nitrogens with zero attached hydrogens (tertiary/aromatic N) is 2. The Morgan fingerprint density at radius 2 is 2.40 bits per heavy atom. The maximum Gasteiger partial charge on any atom is 0.177 e. The van der Waals surface area contributed by atoms with E-state index < -0.39 is 0 Å². The van der Waals surface area contributed by atoms with Crippen LogP contribution in [0.4, 0.5) is 0 Å².